The molecule has 0 aliphatic rings. The van der Waals surface area contributed by atoms with E-state index in [4.69, 9.17) is 9.15 Å². The third kappa shape index (κ3) is 7.65. The molecule has 0 amide bonds. The topological polar surface area (TPSA) is 57.9 Å². The molecule has 5 heteroatoms. The van der Waals surface area contributed by atoms with Crippen LogP contribution in [0.2, 0.25) is 0 Å². The fraction of sp³-hybridized carbons (Fsp3) is 0.733. The lowest BCUT2D eigenvalue weighted by Crippen LogP contribution is -2.33. The third-order valence-corrected chi connectivity index (χ3v) is 3.26. The summed E-state index contributed by atoms with van der Waals surface area (Å²) in [7, 11) is 2.13. The van der Waals surface area contributed by atoms with Crippen molar-refractivity contribution in [2.24, 2.45) is 0 Å². The van der Waals surface area contributed by atoms with Crippen LogP contribution in [0.3, 0.4) is 0 Å². The Morgan fingerprint density at radius 2 is 2.25 bits per heavy atom. The van der Waals surface area contributed by atoms with Gasteiger partial charge < -0.3 is 24.5 Å². The van der Waals surface area contributed by atoms with Crippen LogP contribution in [0.4, 0.5) is 0 Å². The molecule has 116 valence electrons. The average molecular weight is 284 g/mol. The molecule has 0 saturated heterocycles. The van der Waals surface area contributed by atoms with Gasteiger partial charge in [0.25, 0.3) is 0 Å². The van der Waals surface area contributed by atoms with E-state index in [0.29, 0.717) is 25.8 Å². The van der Waals surface area contributed by atoms with E-state index >= 15 is 0 Å². The number of hydrogen-bond donors (Lipinski definition) is 2. The number of rotatable bonds is 11. The minimum Gasteiger partial charge on any atom is -0.467 e. The van der Waals surface area contributed by atoms with Crippen molar-refractivity contribution in [2.75, 3.05) is 33.3 Å². The molecule has 0 spiro atoms. The van der Waals surface area contributed by atoms with Crippen LogP contribution in [0, 0.1) is 0 Å². The van der Waals surface area contributed by atoms with E-state index in [1.807, 2.05) is 12.1 Å². The number of aliphatic hydroxyl groups excluding tert-OH is 1. The maximum Gasteiger partial charge on any atom is 0.129 e. The van der Waals surface area contributed by atoms with Gasteiger partial charge >= 0.3 is 0 Å². The van der Waals surface area contributed by atoms with E-state index in [9.17, 15) is 5.11 Å². The molecule has 0 aromatic carbocycles. The molecule has 0 radical (unpaired) electrons. The maximum absolute atomic E-state index is 9.75. The normalized spacial score (nSPS) is 13.3. The molecule has 0 bridgehead atoms. The quantitative estimate of drug-likeness (QED) is 0.603. The Hall–Kier alpha value is -0.880. The average Bonchev–Trinajstić information content (AvgIpc) is 2.91. The van der Waals surface area contributed by atoms with Crippen molar-refractivity contribution in [3.05, 3.63) is 24.2 Å². The van der Waals surface area contributed by atoms with E-state index in [2.05, 4.69) is 31.1 Å². The van der Waals surface area contributed by atoms with Gasteiger partial charge in [0.05, 0.1) is 19.0 Å². The van der Waals surface area contributed by atoms with Crippen LogP contribution in [0.15, 0.2) is 22.8 Å². The number of aliphatic hydroxyl groups is 1. The van der Waals surface area contributed by atoms with Crippen molar-refractivity contribution < 1.29 is 14.3 Å². The molecule has 1 unspecified atom stereocenters. The summed E-state index contributed by atoms with van der Waals surface area (Å²) in [5.74, 6) is 0.780. The van der Waals surface area contributed by atoms with E-state index in [1.54, 1.807) is 6.26 Å². The summed E-state index contributed by atoms with van der Waals surface area (Å²) in [4.78, 5) is 2.31. The van der Waals surface area contributed by atoms with Gasteiger partial charge in [-0.25, -0.2) is 0 Å². The first-order chi connectivity index (χ1) is 9.59. The van der Waals surface area contributed by atoms with Gasteiger partial charge in [-0.05, 0) is 52.5 Å². The predicted octanol–water partition coefficient (Wildman–Crippen LogP) is 1.48. The van der Waals surface area contributed by atoms with Gasteiger partial charge in [-0.2, -0.15) is 0 Å². The summed E-state index contributed by atoms with van der Waals surface area (Å²) in [5.41, 5.74) is 0. The highest BCUT2D eigenvalue weighted by molar-refractivity contribution is 4.96. The lowest BCUT2D eigenvalue weighted by atomic mass is 10.3. The van der Waals surface area contributed by atoms with Gasteiger partial charge in [0.15, 0.2) is 0 Å². The standard InChI is InChI=1S/C15H28N2O3/c1-13(2)17(3)8-5-7-16-10-14(18)11-19-12-15-6-4-9-20-15/h4,6,9,13-14,16,18H,5,7-8,10-12H2,1-3H3. The fourth-order valence-corrected chi connectivity index (χ4v) is 1.73. The predicted molar refractivity (Wildman–Crippen MR) is 79.6 cm³/mol. The summed E-state index contributed by atoms with van der Waals surface area (Å²) in [6, 6.07) is 4.26. The van der Waals surface area contributed by atoms with Crippen molar-refractivity contribution in [3.8, 4) is 0 Å². The molecule has 0 aliphatic carbocycles. The molecule has 0 fully saturated rings. The third-order valence-electron chi connectivity index (χ3n) is 3.26. The first-order valence-corrected chi connectivity index (χ1v) is 7.28. The fourth-order valence-electron chi connectivity index (χ4n) is 1.73. The molecule has 1 atom stereocenters. The highest BCUT2D eigenvalue weighted by Gasteiger charge is 2.05. The molecule has 1 aromatic heterocycles. The Morgan fingerprint density at radius 1 is 1.45 bits per heavy atom. The van der Waals surface area contributed by atoms with E-state index in [0.717, 1.165) is 25.3 Å². The highest BCUT2D eigenvalue weighted by atomic mass is 16.5. The number of furan rings is 1. The van der Waals surface area contributed by atoms with Crippen LogP contribution in [-0.2, 0) is 11.3 Å². The second kappa shape index (κ2) is 9.94. The molecular formula is C15H28N2O3. The SMILES string of the molecule is CC(C)N(C)CCCNCC(O)COCc1ccco1. The van der Waals surface area contributed by atoms with Crippen LogP contribution in [0.1, 0.15) is 26.0 Å². The first kappa shape index (κ1) is 17.2. The molecule has 1 rings (SSSR count). The Labute approximate surface area is 121 Å². The van der Waals surface area contributed by atoms with Crippen molar-refractivity contribution in [3.63, 3.8) is 0 Å². The summed E-state index contributed by atoms with van der Waals surface area (Å²) in [6.07, 6.45) is 2.22. The smallest absolute Gasteiger partial charge is 0.129 e. The van der Waals surface area contributed by atoms with Gasteiger partial charge in [-0.3, -0.25) is 0 Å². The van der Waals surface area contributed by atoms with Gasteiger partial charge in [-0.15, -0.1) is 0 Å². The zero-order chi connectivity index (χ0) is 14.8. The van der Waals surface area contributed by atoms with Crippen LogP contribution in [-0.4, -0.2) is 55.4 Å². The van der Waals surface area contributed by atoms with E-state index in [-0.39, 0.29) is 0 Å². The Balaban J connectivity index is 1.93. The molecule has 2 N–H and O–H groups in total. The largest absolute Gasteiger partial charge is 0.467 e. The Kier molecular flexibility index (Phi) is 8.53. The van der Waals surface area contributed by atoms with Crippen LogP contribution >= 0.6 is 0 Å². The van der Waals surface area contributed by atoms with Gasteiger partial charge in [0, 0.05) is 12.6 Å². The molecule has 5 nitrogen and oxygen atoms in total. The molecule has 0 aliphatic heterocycles. The number of nitrogens with zero attached hydrogens (tertiary/aromatic N) is 1. The summed E-state index contributed by atoms with van der Waals surface area (Å²) >= 11 is 0. The van der Waals surface area contributed by atoms with Crippen molar-refractivity contribution in [1.29, 1.82) is 0 Å². The summed E-state index contributed by atoms with van der Waals surface area (Å²) in [5, 5.41) is 13.0. The molecular weight excluding hydrogens is 256 g/mol. The summed E-state index contributed by atoms with van der Waals surface area (Å²) in [6.45, 7) is 7.63. The van der Waals surface area contributed by atoms with Gasteiger partial charge in [-0.1, -0.05) is 0 Å². The van der Waals surface area contributed by atoms with Crippen molar-refractivity contribution >= 4 is 0 Å². The number of ether oxygens (including phenoxy) is 1. The second-order valence-corrected chi connectivity index (χ2v) is 5.38. The van der Waals surface area contributed by atoms with Gasteiger partial charge in [0.1, 0.15) is 12.4 Å². The van der Waals surface area contributed by atoms with Crippen molar-refractivity contribution in [1.82, 2.24) is 10.2 Å². The second-order valence-electron chi connectivity index (χ2n) is 5.38. The van der Waals surface area contributed by atoms with Gasteiger partial charge in [0.2, 0.25) is 0 Å². The lowest BCUT2D eigenvalue weighted by Gasteiger charge is -2.21. The molecule has 1 heterocycles. The lowest BCUT2D eigenvalue weighted by molar-refractivity contribution is 0.0227. The Bertz CT molecular complexity index is 328. The number of hydrogen-bond acceptors (Lipinski definition) is 5. The maximum atomic E-state index is 9.75. The molecule has 1 aromatic rings. The molecule has 20 heavy (non-hydrogen) atoms. The van der Waals surface area contributed by atoms with Crippen LogP contribution in [0.25, 0.3) is 0 Å². The molecule has 0 saturated carbocycles. The zero-order valence-electron chi connectivity index (χ0n) is 12.8. The van der Waals surface area contributed by atoms with E-state index < -0.39 is 6.10 Å². The minimum atomic E-state index is -0.479. The van der Waals surface area contributed by atoms with Crippen molar-refractivity contribution in [2.45, 2.75) is 39.0 Å². The monoisotopic (exact) mass is 284 g/mol. The number of nitrogens with one attached hydrogen (secondary N) is 1. The van der Waals surface area contributed by atoms with Crippen LogP contribution in [0.5, 0.6) is 0 Å². The van der Waals surface area contributed by atoms with E-state index in [1.165, 1.54) is 0 Å². The minimum absolute atomic E-state index is 0.319. The summed E-state index contributed by atoms with van der Waals surface area (Å²) < 4.78 is 10.5. The first-order valence-electron chi connectivity index (χ1n) is 7.28. The highest BCUT2D eigenvalue weighted by Crippen LogP contribution is 2.01. The van der Waals surface area contributed by atoms with Crippen LogP contribution < -0.4 is 5.32 Å². The Morgan fingerprint density at radius 3 is 2.90 bits per heavy atom. The zero-order valence-corrected chi connectivity index (χ0v) is 12.8.